The fourth-order valence-corrected chi connectivity index (χ4v) is 3.26. The van der Waals surface area contributed by atoms with Gasteiger partial charge in [-0.25, -0.2) is 9.36 Å². The van der Waals surface area contributed by atoms with Gasteiger partial charge >= 0.3 is 0 Å². The number of aliphatic hydroxyl groups excluding tert-OH is 3. The molecule has 0 saturated carbocycles. The second-order valence-electron chi connectivity index (χ2n) is 6.50. The molecule has 10 heteroatoms. The predicted molar refractivity (Wildman–Crippen MR) is 92.8 cm³/mol. The number of fused-ring (bicyclic) bond motifs is 1. The van der Waals surface area contributed by atoms with Crippen LogP contribution < -0.4 is 5.56 Å². The Morgan fingerprint density at radius 2 is 1.93 bits per heavy atom. The molecule has 4 atom stereocenters. The number of nitrogens with zero attached hydrogens (tertiary/aromatic N) is 5. The van der Waals surface area contributed by atoms with Gasteiger partial charge in [0.25, 0.3) is 5.56 Å². The Kier molecular flexibility index (Phi) is 4.48. The van der Waals surface area contributed by atoms with Crippen molar-refractivity contribution in [3.05, 3.63) is 51.9 Å². The number of hydrogen-bond donors (Lipinski definition) is 3. The van der Waals surface area contributed by atoms with Crippen LogP contribution >= 0.6 is 0 Å². The summed E-state index contributed by atoms with van der Waals surface area (Å²) < 4.78 is 7.84. The number of rotatable bonds is 4. The molecule has 27 heavy (non-hydrogen) atoms. The van der Waals surface area contributed by atoms with Crippen molar-refractivity contribution in [1.29, 1.82) is 0 Å². The Hall–Kier alpha value is -2.66. The molecular weight excluding hydrogens is 354 g/mol. The summed E-state index contributed by atoms with van der Waals surface area (Å²) in [7, 11) is 1.46. The summed E-state index contributed by atoms with van der Waals surface area (Å²) in [5, 5.41) is 42.1. The van der Waals surface area contributed by atoms with Crippen LogP contribution in [0.4, 0.5) is 0 Å². The molecule has 142 valence electrons. The van der Waals surface area contributed by atoms with Crippen LogP contribution in [0.5, 0.6) is 0 Å². The predicted octanol–water partition coefficient (Wildman–Crippen LogP) is -1.27. The average Bonchev–Trinajstić information content (AvgIpc) is 3.17. The zero-order valence-electron chi connectivity index (χ0n) is 14.5. The molecule has 0 unspecified atom stereocenters. The monoisotopic (exact) mass is 373 g/mol. The molecule has 1 aromatic carbocycles. The van der Waals surface area contributed by atoms with Gasteiger partial charge in [-0.2, -0.15) is 5.10 Å². The highest BCUT2D eigenvalue weighted by atomic mass is 16.6. The van der Waals surface area contributed by atoms with Crippen molar-refractivity contribution < 1.29 is 20.1 Å². The first-order valence-electron chi connectivity index (χ1n) is 8.48. The molecule has 0 spiro atoms. The van der Waals surface area contributed by atoms with Gasteiger partial charge in [0.1, 0.15) is 23.8 Å². The van der Waals surface area contributed by atoms with Crippen LogP contribution in [-0.2, 0) is 18.2 Å². The van der Waals surface area contributed by atoms with E-state index in [2.05, 4.69) is 15.4 Å². The second kappa shape index (κ2) is 6.82. The third-order valence-electron chi connectivity index (χ3n) is 4.70. The summed E-state index contributed by atoms with van der Waals surface area (Å²) in [4.78, 5) is 12.7. The van der Waals surface area contributed by atoms with Crippen molar-refractivity contribution in [2.75, 3.05) is 6.61 Å². The molecule has 1 saturated heterocycles. The minimum atomic E-state index is -1.35. The highest BCUT2D eigenvalue weighted by Crippen LogP contribution is 2.31. The maximum absolute atomic E-state index is 12.7. The molecule has 2 aromatic heterocycles. The molecule has 0 amide bonds. The SMILES string of the molecule is Cn1nnc2c(Cc3ccccc3)nn([C@@H]3O[C@H](CO)[C@@H](O)[C@H]3O)c2c1=O. The zero-order chi connectivity index (χ0) is 19.1. The summed E-state index contributed by atoms with van der Waals surface area (Å²) in [6.07, 6.45) is -4.34. The van der Waals surface area contributed by atoms with Crippen LogP contribution in [0.2, 0.25) is 0 Å². The van der Waals surface area contributed by atoms with Gasteiger partial charge in [0, 0.05) is 13.5 Å². The molecule has 1 aliphatic heterocycles. The Morgan fingerprint density at radius 3 is 2.59 bits per heavy atom. The molecule has 4 rings (SSSR count). The normalized spacial score (nSPS) is 25.3. The molecular formula is C17H19N5O5. The lowest BCUT2D eigenvalue weighted by Gasteiger charge is -2.15. The van der Waals surface area contributed by atoms with Crippen LogP contribution in [0.25, 0.3) is 11.0 Å². The minimum Gasteiger partial charge on any atom is -0.394 e. The first-order chi connectivity index (χ1) is 13.0. The highest BCUT2D eigenvalue weighted by molar-refractivity contribution is 5.76. The van der Waals surface area contributed by atoms with E-state index in [1.54, 1.807) is 0 Å². The maximum Gasteiger partial charge on any atom is 0.295 e. The number of ether oxygens (including phenoxy) is 1. The van der Waals surface area contributed by atoms with Gasteiger partial charge in [-0.1, -0.05) is 35.5 Å². The van der Waals surface area contributed by atoms with E-state index < -0.39 is 36.7 Å². The Bertz CT molecular complexity index is 1020. The lowest BCUT2D eigenvalue weighted by Crippen LogP contribution is -2.33. The van der Waals surface area contributed by atoms with E-state index in [0.29, 0.717) is 17.6 Å². The summed E-state index contributed by atoms with van der Waals surface area (Å²) in [6, 6.07) is 9.53. The number of aryl methyl sites for hydroxylation is 1. The number of aromatic nitrogens is 5. The minimum absolute atomic E-state index is 0.119. The quantitative estimate of drug-likeness (QED) is 0.515. The van der Waals surface area contributed by atoms with E-state index in [4.69, 9.17) is 4.74 Å². The topological polar surface area (TPSA) is 136 Å². The van der Waals surface area contributed by atoms with Crippen molar-refractivity contribution >= 4 is 11.0 Å². The maximum atomic E-state index is 12.7. The van der Waals surface area contributed by atoms with E-state index in [-0.39, 0.29) is 5.52 Å². The smallest absolute Gasteiger partial charge is 0.295 e. The van der Waals surface area contributed by atoms with Crippen molar-refractivity contribution in [1.82, 2.24) is 24.8 Å². The van der Waals surface area contributed by atoms with Gasteiger partial charge in [0.15, 0.2) is 11.7 Å². The largest absolute Gasteiger partial charge is 0.394 e. The summed E-state index contributed by atoms with van der Waals surface area (Å²) in [5.41, 5.74) is 1.43. The van der Waals surface area contributed by atoms with Crippen LogP contribution in [0.1, 0.15) is 17.5 Å². The molecule has 0 aliphatic carbocycles. The van der Waals surface area contributed by atoms with Gasteiger partial charge in [-0.3, -0.25) is 4.79 Å². The van der Waals surface area contributed by atoms with Gasteiger partial charge in [0.2, 0.25) is 0 Å². The van der Waals surface area contributed by atoms with Crippen LogP contribution in [-0.4, -0.2) is 65.0 Å². The van der Waals surface area contributed by atoms with E-state index in [0.717, 1.165) is 10.2 Å². The molecule has 3 aromatic rings. The van der Waals surface area contributed by atoms with Crippen LogP contribution in [0.3, 0.4) is 0 Å². The summed E-state index contributed by atoms with van der Waals surface area (Å²) in [5.74, 6) is 0. The van der Waals surface area contributed by atoms with Crippen LogP contribution in [0.15, 0.2) is 35.1 Å². The highest BCUT2D eigenvalue weighted by Gasteiger charge is 2.45. The van der Waals surface area contributed by atoms with E-state index in [1.165, 1.54) is 11.7 Å². The lowest BCUT2D eigenvalue weighted by molar-refractivity contribution is -0.0566. The molecule has 3 N–H and O–H groups in total. The first kappa shape index (κ1) is 17.7. The van der Waals surface area contributed by atoms with E-state index >= 15 is 0 Å². The molecule has 1 aliphatic rings. The molecule has 0 radical (unpaired) electrons. The van der Waals surface area contributed by atoms with Gasteiger partial charge in [-0.15, -0.1) is 5.10 Å². The Balaban J connectivity index is 1.85. The molecule has 0 bridgehead atoms. The van der Waals surface area contributed by atoms with Crippen molar-refractivity contribution in [3.63, 3.8) is 0 Å². The number of hydrogen-bond acceptors (Lipinski definition) is 8. The third-order valence-corrected chi connectivity index (χ3v) is 4.70. The zero-order valence-corrected chi connectivity index (χ0v) is 14.5. The molecule has 1 fully saturated rings. The fourth-order valence-electron chi connectivity index (χ4n) is 3.26. The van der Waals surface area contributed by atoms with Crippen LogP contribution in [0, 0.1) is 0 Å². The van der Waals surface area contributed by atoms with E-state index in [9.17, 15) is 20.1 Å². The van der Waals surface area contributed by atoms with Crippen molar-refractivity contribution in [3.8, 4) is 0 Å². The second-order valence-corrected chi connectivity index (χ2v) is 6.50. The summed E-state index contributed by atoms with van der Waals surface area (Å²) >= 11 is 0. The van der Waals surface area contributed by atoms with Gasteiger partial charge < -0.3 is 20.1 Å². The fraction of sp³-hybridized carbons (Fsp3) is 0.412. The lowest BCUT2D eigenvalue weighted by atomic mass is 10.1. The summed E-state index contributed by atoms with van der Waals surface area (Å²) in [6.45, 7) is -0.470. The number of benzene rings is 1. The van der Waals surface area contributed by atoms with Crippen molar-refractivity contribution in [2.45, 2.75) is 31.0 Å². The number of aliphatic hydroxyl groups is 3. The standard InChI is InChI=1S/C17H19N5O5/c1-21-16(26)13-12(18-20-21)10(7-9-5-3-2-4-6-9)19-22(13)17-15(25)14(24)11(8-23)27-17/h2-6,11,14-15,17,23-25H,7-8H2,1H3/t11-,14-,15-,17-/m1/s1. The van der Waals surface area contributed by atoms with Crippen molar-refractivity contribution in [2.24, 2.45) is 7.05 Å². The Morgan fingerprint density at radius 1 is 1.19 bits per heavy atom. The Labute approximate surface area is 153 Å². The van der Waals surface area contributed by atoms with Gasteiger partial charge in [-0.05, 0) is 5.56 Å². The molecule has 3 heterocycles. The molecule has 10 nitrogen and oxygen atoms in total. The third kappa shape index (κ3) is 2.92. The average molecular weight is 373 g/mol. The first-order valence-corrected chi connectivity index (χ1v) is 8.48. The van der Waals surface area contributed by atoms with E-state index in [1.807, 2.05) is 30.3 Å². The van der Waals surface area contributed by atoms with Gasteiger partial charge in [0.05, 0.1) is 12.3 Å².